The molecule has 2 aromatic rings. The van der Waals surface area contributed by atoms with Crippen LogP contribution in [-0.2, 0) is 20.1 Å². The van der Waals surface area contributed by atoms with Gasteiger partial charge < -0.3 is 10.5 Å². The minimum atomic E-state index is -4.64. The molecule has 26 heavy (non-hydrogen) atoms. The number of anilines is 2. The van der Waals surface area contributed by atoms with Gasteiger partial charge in [0.05, 0.1) is 28.5 Å². The molecule has 0 aromatic heterocycles. The standard InChI is InChI=1S/C14H14Cl2N2O6S2/c1-18(8-3-4-12(24-2)14(5-8)26(21,22)23)25(19,20)13-7-9(15)11(17)6-10(13)16/h3-7H,17H2,1-2H3,(H,21,22,23). The molecular weight excluding hydrogens is 427 g/mol. The van der Waals surface area contributed by atoms with E-state index in [1.807, 2.05) is 0 Å². The van der Waals surface area contributed by atoms with E-state index in [9.17, 15) is 21.4 Å². The number of sulfonamides is 1. The summed E-state index contributed by atoms with van der Waals surface area (Å²) >= 11 is 11.8. The summed E-state index contributed by atoms with van der Waals surface area (Å²) in [6.07, 6.45) is 0. The lowest BCUT2D eigenvalue weighted by Gasteiger charge is -2.21. The van der Waals surface area contributed by atoms with Gasteiger partial charge in [-0.25, -0.2) is 8.42 Å². The summed E-state index contributed by atoms with van der Waals surface area (Å²) in [5.41, 5.74) is 5.64. The molecule has 0 aliphatic rings. The number of halogens is 2. The summed E-state index contributed by atoms with van der Waals surface area (Å²) in [5.74, 6) is -0.143. The molecule has 142 valence electrons. The highest BCUT2D eigenvalue weighted by Gasteiger charge is 2.27. The number of hydrogen-bond acceptors (Lipinski definition) is 6. The normalized spacial score (nSPS) is 12.0. The lowest BCUT2D eigenvalue weighted by molar-refractivity contribution is 0.397. The maximum atomic E-state index is 12.8. The number of ether oxygens (including phenoxy) is 1. The predicted octanol–water partition coefficient (Wildman–Crippen LogP) is 2.66. The molecule has 0 aliphatic carbocycles. The van der Waals surface area contributed by atoms with E-state index < -0.39 is 25.0 Å². The van der Waals surface area contributed by atoms with Gasteiger partial charge in [-0.05, 0) is 30.3 Å². The fourth-order valence-electron chi connectivity index (χ4n) is 2.09. The number of methoxy groups -OCH3 is 1. The van der Waals surface area contributed by atoms with E-state index in [2.05, 4.69) is 0 Å². The number of nitrogens with zero attached hydrogens (tertiary/aromatic N) is 1. The smallest absolute Gasteiger partial charge is 0.298 e. The number of nitrogens with two attached hydrogens (primary N) is 1. The molecule has 0 saturated carbocycles. The van der Waals surface area contributed by atoms with Gasteiger partial charge in [-0.15, -0.1) is 0 Å². The third kappa shape index (κ3) is 3.84. The zero-order chi connectivity index (χ0) is 19.9. The van der Waals surface area contributed by atoms with Crippen LogP contribution in [0.1, 0.15) is 0 Å². The molecule has 0 aliphatic heterocycles. The zero-order valence-electron chi connectivity index (χ0n) is 13.5. The van der Waals surface area contributed by atoms with Crippen molar-refractivity contribution in [1.29, 1.82) is 0 Å². The Morgan fingerprint density at radius 3 is 2.19 bits per heavy atom. The predicted molar refractivity (Wildman–Crippen MR) is 99.3 cm³/mol. The molecule has 0 radical (unpaired) electrons. The third-order valence-corrected chi connectivity index (χ3v) is 6.93. The minimum Gasteiger partial charge on any atom is -0.495 e. The molecule has 0 spiro atoms. The van der Waals surface area contributed by atoms with Crippen molar-refractivity contribution in [3.8, 4) is 5.75 Å². The van der Waals surface area contributed by atoms with Crippen LogP contribution in [0.15, 0.2) is 40.1 Å². The topological polar surface area (TPSA) is 127 Å². The molecule has 0 fully saturated rings. The highest BCUT2D eigenvalue weighted by Crippen LogP contribution is 2.35. The SMILES string of the molecule is COc1ccc(N(C)S(=O)(=O)c2cc(Cl)c(N)cc2Cl)cc1S(=O)(=O)O. The van der Waals surface area contributed by atoms with Crippen LogP contribution in [0.3, 0.4) is 0 Å². The fraction of sp³-hybridized carbons (Fsp3) is 0.143. The van der Waals surface area contributed by atoms with E-state index >= 15 is 0 Å². The van der Waals surface area contributed by atoms with Crippen molar-refractivity contribution < 1.29 is 26.1 Å². The summed E-state index contributed by atoms with van der Waals surface area (Å²) in [6.45, 7) is 0. The first-order valence-electron chi connectivity index (χ1n) is 6.78. The first kappa shape index (κ1) is 20.6. The molecule has 2 aromatic carbocycles. The summed E-state index contributed by atoms with van der Waals surface area (Å²) < 4.78 is 63.6. The maximum Gasteiger partial charge on any atom is 0.298 e. The average Bonchev–Trinajstić information content (AvgIpc) is 2.55. The monoisotopic (exact) mass is 440 g/mol. The Morgan fingerprint density at radius 1 is 1.04 bits per heavy atom. The zero-order valence-corrected chi connectivity index (χ0v) is 16.6. The van der Waals surface area contributed by atoms with Crippen molar-refractivity contribution in [1.82, 2.24) is 0 Å². The summed E-state index contributed by atoms with van der Waals surface area (Å²) in [4.78, 5) is -0.897. The molecule has 8 nitrogen and oxygen atoms in total. The molecule has 0 bridgehead atoms. The lowest BCUT2D eigenvalue weighted by atomic mass is 10.3. The van der Waals surface area contributed by atoms with Crippen molar-refractivity contribution in [3.63, 3.8) is 0 Å². The molecule has 0 amide bonds. The quantitative estimate of drug-likeness (QED) is 0.540. The van der Waals surface area contributed by atoms with E-state index in [-0.39, 0.29) is 32.1 Å². The number of rotatable bonds is 5. The fourth-order valence-corrected chi connectivity index (χ4v) is 4.72. The van der Waals surface area contributed by atoms with Gasteiger partial charge in [0.2, 0.25) is 0 Å². The van der Waals surface area contributed by atoms with Crippen molar-refractivity contribution in [2.75, 3.05) is 24.2 Å². The molecule has 0 saturated heterocycles. The van der Waals surface area contributed by atoms with Crippen LogP contribution in [0.4, 0.5) is 11.4 Å². The van der Waals surface area contributed by atoms with Crippen LogP contribution in [-0.4, -0.2) is 35.5 Å². The third-order valence-electron chi connectivity index (χ3n) is 3.48. The minimum absolute atomic E-state index is 0.00488. The second kappa shape index (κ2) is 7.12. The second-order valence-corrected chi connectivity index (χ2v) is 9.23. The first-order chi connectivity index (χ1) is 11.9. The van der Waals surface area contributed by atoms with Gasteiger partial charge in [0.25, 0.3) is 20.1 Å². The Morgan fingerprint density at radius 2 is 1.65 bits per heavy atom. The van der Waals surface area contributed by atoms with Crippen LogP contribution in [0.5, 0.6) is 5.75 Å². The lowest BCUT2D eigenvalue weighted by Crippen LogP contribution is -2.27. The van der Waals surface area contributed by atoms with Crippen LogP contribution in [0.25, 0.3) is 0 Å². The molecule has 0 unspecified atom stereocenters. The van der Waals surface area contributed by atoms with Gasteiger partial charge in [0.15, 0.2) is 0 Å². The Labute approximate surface area is 160 Å². The Bertz CT molecular complexity index is 1070. The summed E-state index contributed by atoms with van der Waals surface area (Å²) in [5, 5.41) is -0.156. The van der Waals surface area contributed by atoms with Crippen LogP contribution >= 0.6 is 23.2 Å². The second-order valence-electron chi connectivity index (χ2n) is 5.09. The van der Waals surface area contributed by atoms with Crippen molar-refractivity contribution >= 4 is 54.7 Å². The maximum absolute atomic E-state index is 12.8. The molecule has 3 N–H and O–H groups in total. The molecule has 12 heteroatoms. The van der Waals surface area contributed by atoms with Gasteiger partial charge >= 0.3 is 0 Å². The van der Waals surface area contributed by atoms with E-state index in [4.69, 9.17) is 33.7 Å². The van der Waals surface area contributed by atoms with Crippen molar-refractivity contribution in [2.45, 2.75) is 9.79 Å². The molecular formula is C14H14Cl2N2O6S2. The van der Waals surface area contributed by atoms with Gasteiger partial charge in [0.1, 0.15) is 15.5 Å². The number of benzene rings is 2. The molecule has 0 atom stereocenters. The van der Waals surface area contributed by atoms with Crippen molar-refractivity contribution in [3.05, 3.63) is 40.4 Å². The van der Waals surface area contributed by atoms with E-state index in [0.29, 0.717) is 0 Å². The highest BCUT2D eigenvalue weighted by molar-refractivity contribution is 7.93. The summed E-state index contributed by atoms with van der Waals surface area (Å²) in [6, 6.07) is 5.76. The van der Waals surface area contributed by atoms with Gasteiger partial charge in [0, 0.05) is 7.05 Å². The molecule has 2 rings (SSSR count). The van der Waals surface area contributed by atoms with Gasteiger partial charge in [-0.2, -0.15) is 8.42 Å². The Hall–Kier alpha value is -1.72. The van der Waals surface area contributed by atoms with Crippen LogP contribution in [0.2, 0.25) is 10.0 Å². The summed E-state index contributed by atoms with van der Waals surface area (Å²) in [7, 11) is -6.45. The van der Waals surface area contributed by atoms with Crippen molar-refractivity contribution in [2.24, 2.45) is 0 Å². The van der Waals surface area contributed by atoms with E-state index in [0.717, 1.165) is 16.4 Å². The van der Waals surface area contributed by atoms with Crippen LogP contribution < -0.4 is 14.8 Å². The number of nitrogen functional groups attached to an aromatic ring is 1. The van der Waals surface area contributed by atoms with Gasteiger partial charge in [-0.1, -0.05) is 23.2 Å². The average molecular weight is 441 g/mol. The highest BCUT2D eigenvalue weighted by atomic mass is 35.5. The largest absolute Gasteiger partial charge is 0.495 e. The molecule has 0 heterocycles. The van der Waals surface area contributed by atoms with E-state index in [1.54, 1.807) is 0 Å². The van der Waals surface area contributed by atoms with Crippen LogP contribution in [0, 0.1) is 0 Å². The Balaban J connectivity index is 2.62. The Kier molecular flexibility index (Phi) is 5.64. The first-order valence-corrected chi connectivity index (χ1v) is 10.4. The van der Waals surface area contributed by atoms with Gasteiger partial charge in [-0.3, -0.25) is 8.86 Å². The number of hydrogen-bond donors (Lipinski definition) is 2. The van der Waals surface area contributed by atoms with E-state index in [1.165, 1.54) is 32.4 Å².